The number of unbranched alkanes of at least 4 members (excludes halogenated alkanes) is 4. The Balaban J connectivity index is 2.59. The zero-order valence-electron chi connectivity index (χ0n) is 26.8. The summed E-state index contributed by atoms with van der Waals surface area (Å²) in [6.45, 7) is 15.2. The molecular weight excluding hydrogens is 530 g/mol. The van der Waals surface area contributed by atoms with Crippen LogP contribution in [0, 0.1) is 6.92 Å². The number of carbonyl (C=O) groups excluding carboxylic acids is 3. The van der Waals surface area contributed by atoms with Crippen molar-refractivity contribution in [3.63, 3.8) is 0 Å². The number of phenols is 1. The highest BCUT2D eigenvalue weighted by atomic mass is 16.6. The molecule has 0 aromatic heterocycles. The van der Waals surface area contributed by atoms with E-state index in [1.54, 1.807) is 50.8 Å². The lowest BCUT2D eigenvalue weighted by molar-refractivity contribution is -0.143. The minimum Gasteiger partial charge on any atom is -0.508 e. The van der Waals surface area contributed by atoms with Crippen LogP contribution in [0.15, 0.2) is 48.5 Å². The highest BCUT2D eigenvalue weighted by Gasteiger charge is 2.37. The van der Waals surface area contributed by atoms with E-state index in [9.17, 15) is 19.5 Å². The first-order chi connectivity index (χ1) is 19.6. The van der Waals surface area contributed by atoms with Crippen molar-refractivity contribution in [3.05, 3.63) is 65.2 Å². The Morgan fingerprint density at radius 2 is 1.57 bits per heavy atom. The number of hydrogen-bond donors (Lipinski definition) is 3. The fraction of sp³-hybridized carbons (Fsp3) is 0.559. The summed E-state index contributed by atoms with van der Waals surface area (Å²) in [4.78, 5) is 43.0. The lowest BCUT2D eigenvalue weighted by atomic mass is 9.97. The van der Waals surface area contributed by atoms with Crippen molar-refractivity contribution in [3.8, 4) is 5.75 Å². The number of nitrogens with zero attached hydrogens (tertiary/aromatic N) is 1. The fourth-order valence-electron chi connectivity index (χ4n) is 4.71. The van der Waals surface area contributed by atoms with Gasteiger partial charge in [0, 0.05) is 18.5 Å². The van der Waals surface area contributed by atoms with Crippen LogP contribution in [-0.2, 0) is 20.7 Å². The van der Waals surface area contributed by atoms with Crippen molar-refractivity contribution in [2.24, 2.45) is 0 Å². The zero-order valence-corrected chi connectivity index (χ0v) is 26.8. The molecule has 8 nitrogen and oxygen atoms in total. The van der Waals surface area contributed by atoms with Gasteiger partial charge in [-0.1, -0.05) is 69.0 Å². The van der Waals surface area contributed by atoms with Crippen LogP contribution in [-0.4, -0.2) is 51.6 Å². The van der Waals surface area contributed by atoms with Gasteiger partial charge in [0.2, 0.25) is 11.8 Å². The highest BCUT2D eigenvalue weighted by Crippen LogP contribution is 2.28. The van der Waals surface area contributed by atoms with Gasteiger partial charge in [0.15, 0.2) is 0 Å². The van der Waals surface area contributed by atoms with Crippen LogP contribution in [0.4, 0.5) is 4.79 Å². The molecule has 2 aromatic carbocycles. The molecule has 0 fully saturated rings. The first-order valence-corrected chi connectivity index (χ1v) is 15.1. The average molecular weight is 582 g/mol. The largest absolute Gasteiger partial charge is 0.508 e. The average Bonchev–Trinajstić information content (AvgIpc) is 2.87. The Labute approximate surface area is 252 Å². The number of alkyl carbamates (subject to hydrolysis) is 1. The third-order valence-corrected chi connectivity index (χ3v) is 6.65. The van der Waals surface area contributed by atoms with Gasteiger partial charge in [0.05, 0.1) is 0 Å². The molecule has 0 saturated carbocycles. The molecule has 0 aliphatic carbocycles. The number of rotatable bonds is 13. The van der Waals surface area contributed by atoms with Gasteiger partial charge in [-0.15, -0.1) is 0 Å². The third-order valence-electron chi connectivity index (χ3n) is 6.65. The van der Waals surface area contributed by atoms with Crippen LogP contribution in [0.1, 0.15) is 103 Å². The molecule has 232 valence electrons. The van der Waals surface area contributed by atoms with Crippen molar-refractivity contribution in [2.45, 2.75) is 117 Å². The van der Waals surface area contributed by atoms with Gasteiger partial charge in [-0.25, -0.2) is 4.79 Å². The van der Waals surface area contributed by atoms with Gasteiger partial charge in [-0.3, -0.25) is 9.59 Å². The van der Waals surface area contributed by atoms with Crippen molar-refractivity contribution in [1.29, 1.82) is 0 Å². The Kier molecular flexibility index (Phi) is 12.9. The summed E-state index contributed by atoms with van der Waals surface area (Å²) < 4.78 is 5.52. The lowest BCUT2D eigenvalue weighted by Gasteiger charge is -2.36. The molecule has 2 rings (SSSR count). The summed E-state index contributed by atoms with van der Waals surface area (Å²) in [6, 6.07) is 12.5. The molecule has 3 amide bonds. The summed E-state index contributed by atoms with van der Waals surface area (Å²) in [5, 5.41) is 16.1. The summed E-state index contributed by atoms with van der Waals surface area (Å²) >= 11 is 0. The van der Waals surface area contributed by atoms with E-state index in [-0.39, 0.29) is 24.0 Å². The summed E-state index contributed by atoms with van der Waals surface area (Å²) in [7, 11) is 0. The predicted octanol–water partition coefficient (Wildman–Crippen LogP) is 6.59. The van der Waals surface area contributed by atoms with E-state index in [0.717, 1.165) is 31.2 Å². The Morgan fingerprint density at radius 3 is 2.14 bits per heavy atom. The number of aromatic hydroxyl groups is 1. The Morgan fingerprint density at radius 1 is 0.929 bits per heavy atom. The van der Waals surface area contributed by atoms with Crippen molar-refractivity contribution in [1.82, 2.24) is 15.5 Å². The van der Waals surface area contributed by atoms with Gasteiger partial charge >= 0.3 is 6.09 Å². The number of aryl methyl sites for hydroxylation is 1. The Bertz CT molecular complexity index is 1170. The highest BCUT2D eigenvalue weighted by molar-refractivity contribution is 5.92. The molecule has 0 aliphatic rings. The van der Waals surface area contributed by atoms with Crippen LogP contribution in [0.2, 0.25) is 0 Å². The smallest absolute Gasteiger partial charge is 0.408 e. The SMILES string of the molecule is CCCCCCCN(C(=O)C(Cc1ccccc1)NC(=O)OC(C)(C)C)C(C(=O)NC(C)(C)C)c1ccc(O)c(C)c1. The van der Waals surface area contributed by atoms with E-state index >= 15 is 0 Å². The number of benzene rings is 2. The maximum atomic E-state index is 14.5. The van der Waals surface area contributed by atoms with Crippen LogP contribution < -0.4 is 10.6 Å². The van der Waals surface area contributed by atoms with E-state index in [2.05, 4.69) is 17.6 Å². The molecule has 0 saturated heterocycles. The molecule has 2 atom stereocenters. The van der Waals surface area contributed by atoms with Crippen LogP contribution in [0.3, 0.4) is 0 Å². The number of hydrogen-bond acceptors (Lipinski definition) is 5. The van der Waals surface area contributed by atoms with Gasteiger partial charge in [-0.2, -0.15) is 0 Å². The number of ether oxygens (including phenoxy) is 1. The van der Waals surface area contributed by atoms with Gasteiger partial charge in [-0.05, 0) is 83.7 Å². The number of phenolic OH excluding ortho intramolecular Hbond substituents is 1. The molecule has 0 radical (unpaired) electrons. The maximum Gasteiger partial charge on any atom is 0.408 e. The molecule has 0 spiro atoms. The van der Waals surface area contributed by atoms with E-state index in [4.69, 9.17) is 4.74 Å². The second-order valence-corrected chi connectivity index (χ2v) is 13.0. The molecule has 2 aromatic rings. The fourth-order valence-corrected chi connectivity index (χ4v) is 4.71. The quantitative estimate of drug-likeness (QED) is 0.231. The summed E-state index contributed by atoms with van der Waals surface area (Å²) in [5.74, 6) is -0.593. The third kappa shape index (κ3) is 11.7. The molecule has 0 bridgehead atoms. The molecular formula is C34H51N3O5. The van der Waals surface area contributed by atoms with E-state index in [0.29, 0.717) is 24.1 Å². The first kappa shape index (κ1) is 34.7. The normalized spacial score (nSPS) is 13.1. The monoisotopic (exact) mass is 581 g/mol. The topological polar surface area (TPSA) is 108 Å². The van der Waals surface area contributed by atoms with Gasteiger partial charge in [0.25, 0.3) is 0 Å². The van der Waals surface area contributed by atoms with Gasteiger partial charge < -0.3 is 25.4 Å². The summed E-state index contributed by atoms with van der Waals surface area (Å²) in [6.07, 6.45) is 4.35. The van der Waals surface area contributed by atoms with Gasteiger partial charge in [0.1, 0.15) is 23.4 Å². The minimum atomic E-state index is -0.971. The van der Waals surface area contributed by atoms with E-state index in [1.165, 1.54) is 0 Å². The second-order valence-electron chi connectivity index (χ2n) is 13.0. The van der Waals surface area contributed by atoms with Crippen molar-refractivity contribution >= 4 is 17.9 Å². The molecule has 42 heavy (non-hydrogen) atoms. The first-order valence-electron chi connectivity index (χ1n) is 15.1. The van der Waals surface area contributed by atoms with Crippen molar-refractivity contribution < 1.29 is 24.2 Å². The van der Waals surface area contributed by atoms with E-state index < -0.39 is 29.3 Å². The van der Waals surface area contributed by atoms with Crippen molar-refractivity contribution in [2.75, 3.05) is 6.54 Å². The Hall–Kier alpha value is -3.55. The maximum absolute atomic E-state index is 14.5. The van der Waals surface area contributed by atoms with Crippen LogP contribution >= 0.6 is 0 Å². The molecule has 3 N–H and O–H groups in total. The van der Waals surface area contributed by atoms with Crippen LogP contribution in [0.5, 0.6) is 5.75 Å². The van der Waals surface area contributed by atoms with Crippen LogP contribution in [0.25, 0.3) is 0 Å². The molecule has 2 unspecified atom stereocenters. The standard InChI is InChI=1S/C34H51N3O5/c1-9-10-11-12-16-21-37(29(30(39)36-33(3,4)5)26-19-20-28(38)24(2)22-26)31(40)27(23-25-17-14-13-15-18-25)35-32(41)42-34(6,7)8/h13-15,17-20,22,27,29,38H,9-12,16,21,23H2,1-8H3,(H,35,41)(H,36,39). The number of amides is 3. The zero-order chi connectivity index (χ0) is 31.5. The second kappa shape index (κ2) is 15.6. The number of carbonyl (C=O) groups is 3. The minimum absolute atomic E-state index is 0.111. The summed E-state index contributed by atoms with van der Waals surface area (Å²) in [5.41, 5.74) is 0.761. The molecule has 0 heterocycles. The van der Waals surface area contributed by atoms with E-state index in [1.807, 2.05) is 51.1 Å². The predicted molar refractivity (Wildman–Crippen MR) is 167 cm³/mol. The molecule has 0 aliphatic heterocycles. The lowest BCUT2D eigenvalue weighted by Crippen LogP contribution is -2.55. The number of nitrogens with one attached hydrogen (secondary N) is 2. The molecule has 8 heteroatoms.